The summed E-state index contributed by atoms with van der Waals surface area (Å²) < 4.78 is 6.01. The lowest BCUT2D eigenvalue weighted by molar-refractivity contribution is -0.117. The number of aliphatic hydroxyl groups excluding tert-OH is 3. The Hall–Kier alpha value is -2.05. The van der Waals surface area contributed by atoms with Gasteiger partial charge in [-0.3, -0.25) is 19.1 Å². The lowest BCUT2D eigenvalue weighted by Gasteiger charge is -2.18. The zero-order valence-electron chi connectivity index (χ0n) is 12.2. The maximum absolute atomic E-state index is 11.9. The first-order valence-electron chi connectivity index (χ1n) is 6.80. The van der Waals surface area contributed by atoms with E-state index in [2.05, 4.69) is 5.32 Å². The lowest BCUT2D eigenvalue weighted by atomic mass is 10.1. The fourth-order valence-electron chi connectivity index (χ4n) is 2.12. The van der Waals surface area contributed by atoms with Gasteiger partial charge in [-0.05, 0) is 6.92 Å². The number of anilines is 1. The largest absolute Gasteiger partial charge is 0.394 e. The predicted octanol–water partition coefficient (Wildman–Crippen LogP) is -3.57. The van der Waals surface area contributed by atoms with Gasteiger partial charge in [0.1, 0.15) is 24.0 Å². The van der Waals surface area contributed by atoms with Gasteiger partial charge in [0.2, 0.25) is 5.91 Å². The summed E-state index contributed by atoms with van der Waals surface area (Å²) in [5, 5.41) is 30.9. The van der Waals surface area contributed by atoms with E-state index in [9.17, 15) is 24.6 Å². The Bertz CT molecular complexity index is 697. The zero-order chi connectivity index (χ0) is 17.3. The maximum Gasteiger partial charge on any atom is 0.330 e. The Morgan fingerprint density at radius 2 is 2.13 bits per heavy atom. The number of rotatable bonds is 4. The summed E-state index contributed by atoms with van der Waals surface area (Å²) in [5.74, 6) is -0.651. The highest BCUT2D eigenvalue weighted by molar-refractivity contribution is 5.94. The summed E-state index contributed by atoms with van der Waals surface area (Å²) in [7, 11) is 0. The third-order valence-electron chi connectivity index (χ3n) is 3.43. The van der Waals surface area contributed by atoms with Crippen LogP contribution in [0.4, 0.5) is 5.69 Å². The highest BCUT2D eigenvalue weighted by Gasteiger charge is 2.43. The summed E-state index contributed by atoms with van der Waals surface area (Å²) in [6.45, 7) is 0.840. The Labute approximate surface area is 129 Å². The second-order valence-electron chi connectivity index (χ2n) is 5.22. The molecule has 7 N–H and O–H groups in total. The van der Waals surface area contributed by atoms with E-state index in [0.717, 1.165) is 10.8 Å². The number of amides is 1. The first kappa shape index (κ1) is 17.3. The molecule has 23 heavy (non-hydrogen) atoms. The maximum atomic E-state index is 11.9. The number of H-pyrrole nitrogens is 1. The molecule has 1 amide bonds. The molecule has 0 spiro atoms. The number of carbonyl (C=O) groups is 1. The van der Waals surface area contributed by atoms with Crippen LogP contribution in [0.15, 0.2) is 15.8 Å². The molecule has 128 valence electrons. The smallest absolute Gasteiger partial charge is 0.330 e. The highest BCUT2D eigenvalue weighted by Crippen LogP contribution is 2.28. The summed E-state index contributed by atoms with van der Waals surface area (Å²) in [4.78, 5) is 37.1. The molecule has 2 heterocycles. The van der Waals surface area contributed by atoms with Crippen molar-refractivity contribution in [3.8, 4) is 0 Å². The normalized spacial score (nSPS) is 28.6. The molecule has 1 aliphatic heterocycles. The van der Waals surface area contributed by atoms with E-state index in [1.165, 1.54) is 6.92 Å². The number of aliphatic hydroxyl groups is 3. The minimum atomic E-state index is -1.51. The van der Waals surface area contributed by atoms with Gasteiger partial charge in [0, 0.05) is 6.20 Å². The zero-order valence-corrected chi connectivity index (χ0v) is 12.2. The monoisotopic (exact) mass is 330 g/mol. The Kier molecular flexibility index (Phi) is 4.97. The van der Waals surface area contributed by atoms with Crippen molar-refractivity contribution in [1.82, 2.24) is 9.55 Å². The minimum absolute atomic E-state index is 0.273. The van der Waals surface area contributed by atoms with Gasteiger partial charge in [-0.15, -0.1) is 0 Å². The van der Waals surface area contributed by atoms with Gasteiger partial charge in [0.25, 0.3) is 5.56 Å². The molecule has 0 aliphatic carbocycles. The summed E-state index contributed by atoms with van der Waals surface area (Å²) in [5.41, 5.74) is 3.34. The minimum Gasteiger partial charge on any atom is -0.394 e. The Morgan fingerprint density at radius 1 is 1.48 bits per heavy atom. The van der Waals surface area contributed by atoms with Gasteiger partial charge in [0.15, 0.2) is 6.23 Å². The van der Waals surface area contributed by atoms with E-state index in [1.54, 1.807) is 0 Å². The number of aromatic nitrogens is 2. The molecule has 2 rings (SSSR count). The molecule has 11 heteroatoms. The van der Waals surface area contributed by atoms with Crippen molar-refractivity contribution < 1.29 is 24.9 Å². The van der Waals surface area contributed by atoms with Crippen LogP contribution in [0, 0.1) is 0 Å². The van der Waals surface area contributed by atoms with Crippen molar-refractivity contribution in [2.24, 2.45) is 5.73 Å². The second-order valence-corrected chi connectivity index (χ2v) is 5.22. The number of hydrogen-bond acceptors (Lipinski definition) is 8. The molecule has 5 atom stereocenters. The molecule has 1 saturated heterocycles. The van der Waals surface area contributed by atoms with Crippen LogP contribution in [-0.2, 0) is 9.53 Å². The van der Waals surface area contributed by atoms with E-state index in [1.807, 2.05) is 4.98 Å². The third-order valence-corrected chi connectivity index (χ3v) is 3.43. The van der Waals surface area contributed by atoms with Crippen molar-refractivity contribution in [1.29, 1.82) is 0 Å². The second kappa shape index (κ2) is 6.60. The number of nitrogens with zero attached hydrogens (tertiary/aromatic N) is 1. The number of ether oxygens (including phenoxy) is 1. The van der Waals surface area contributed by atoms with Crippen molar-refractivity contribution in [3.05, 3.63) is 27.0 Å². The Morgan fingerprint density at radius 3 is 2.65 bits per heavy atom. The van der Waals surface area contributed by atoms with Crippen molar-refractivity contribution >= 4 is 11.6 Å². The molecule has 1 aromatic rings. The molecule has 11 nitrogen and oxygen atoms in total. The number of aromatic amines is 1. The molecular weight excluding hydrogens is 312 g/mol. The van der Waals surface area contributed by atoms with Gasteiger partial charge in [-0.1, -0.05) is 0 Å². The number of hydrogen-bond donors (Lipinski definition) is 6. The molecular formula is C12H18N4O7. The summed E-state index contributed by atoms with van der Waals surface area (Å²) >= 11 is 0. The van der Waals surface area contributed by atoms with Crippen LogP contribution in [0.5, 0.6) is 0 Å². The fourth-order valence-corrected chi connectivity index (χ4v) is 2.12. The molecule has 0 bridgehead atoms. The first-order valence-corrected chi connectivity index (χ1v) is 6.80. The standard InChI is InChI=1S/C12H18N4O7/c1-4(13)9(20)14-5-2-16(12(22)15-10(5)21)11-8(19)7(18)6(3-17)23-11/h2,4,6-8,11,17-19H,3,13H2,1H3,(H,14,20)(H,15,21,22)/t4-,6+,7+,8+,11+/m0/s1. The van der Waals surface area contributed by atoms with Gasteiger partial charge in [0.05, 0.1) is 12.6 Å². The molecule has 0 saturated carbocycles. The molecule has 1 fully saturated rings. The topological polar surface area (TPSA) is 180 Å². The van der Waals surface area contributed by atoms with Gasteiger partial charge in [-0.25, -0.2) is 4.79 Å². The van der Waals surface area contributed by atoms with Crippen LogP contribution in [0.1, 0.15) is 13.2 Å². The molecule has 1 aromatic heterocycles. The molecule has 0 aromatic carbocycles. The SMILES string of the molecule is C[C@H](N)C(=O)Nc1cn([C@@H]2O[C@H](CO)[C@@H](O)[C@H]2O)c(=O)[nH]c1=O. The third kappa shape index (κ3) is 3.33. The molecule has 0 unspecified atom stereocenters. The van der Waals surface area contributed by atoms with E-state index in [4.69, 9.17) is 15.6 Å². The summed E-state index contributed by atoms with van der Waals surface area (Å²) in [6.07, 6.45) is -4.37. The molecule has 0 radical (unpaired) electrons. The Balaban J connectivity index is 2.38. The number of carbonyl (C=O) groups excluding carboxylic acids is 1. The average molecular weight is 330 g/mol. The quantitative estimate of drug-likeness (QED) is 0.328. The van der Waals surface area contributed by atoms with Crippen molar-refractivity contribution in [2.75, 3.05) is 11.9 Å². The molecule has 1 aliphatic rings. The van der Waals surface area contributed by atoms with E-state index < -0.39 is 54.3 Å². The van der Waals surface area contributed by atoms with Crippen LogP contribution in [0.3, 0.4) is 0 Å². The lowest BCUT2D eigenvalue weighted by Crippen LogP contribution is -2.40. The first-order chi connectivity index (χ1) is 10.8. The van der Waals surface area contributed by atoms with Crippen LogP contribution in [0.2, 0.25) is 0 Å². The number of nitrogens with two attached hydrogens (primary N) is 1. The van der Waals surface area contributed by atoms with Crippen molar-refractivity contribution in [2.45, 2.75) is 37.5 Å². The highest BCUT2D eigenvalue weighted by atomic mass is 16.6. The van der Waals surface area contributed by atoms with Gasteiger partial charge >= 0.3 is 5.69 Å². The van der Waals surface area contributed by atoms with E-state index >= 15 is 0 Å². The van der Waals surface area contributed by atoms with Crippen molar-refractivity contribution in [3.63, 3.8) is 0 Å². The summed E-state index contributed by atoms with van der Waals surface area (Å²) in [6, 6.07) is -0.885. The van der Waals surface area contributed by atoms with E-state index in [-0.39, 0.29) is 5.69 Å². The van der Waals surface area contributed by atoms with Gasteiger partial charge in [-0.2, -0.15) is 0 Å². The van der Waals surface area contributed by atoms with E-state index in [0.29, 0.717) is 0 Å². The predicted molar refractivity (Wildman–Crippen MR) is 76.6 cm³/mol. The fraction of sp³-hybridized carbons (Fsp3) is 0.583. The van der Waals surface area contributed by atoms with Crippen LogP contribution >= 0.6 is 0 Å². The van der Waals surface area contributed by atoms with Crippen LogP contribution in [0.25, 0.3) is 0 Å². The van der Waals surface area contributed by atoms with Gasteiger partial charge < -0.3 is 31.1 Å². The average Bonchev–Trinajstić information content (AvgIpc) is 2.77. The number of nitrogens with one attached hydrogen (secondary N) is 2. The van der Waals surface area contributed by atoms with Crippen LogP contribution in [-0.4, -0.2) is 61.7 Å². The van der Waals surface area contributed by atoms with Crippen LogP contribution < -0.4 is 22.3 Å².